The van der Waals surface area contributed by atoms with E-state index in [0.717, 1.165) is 42.3 Å². The maximum atomic E-state index is 12.2. The van der Waals surface area contributed by atoms with E-state index in [1.54, 1.807) is 7.11 Å². The van der Waals surface area contributed by atoms with Crippen LogP contribution in [0.2, 0.25) is 0 Å². The third-order valence-corrected chi connectivity index (χ3v) is 4.59. The molecule has 2 aromatic rings. The molecule has 2 N–H and O–H groups in total. The first kappa shape index (κ1) is 14.9. The minimum Gasteiger partial charge on any atom is -0.497 e. The molecule has 0 bridgehead atoms. The van der Waals surface area contributed by atoms with Crippen molar-refractivity contribution >= 4 is 22.4 Å². The second-order valence-corrected chi connectivity index (χ2v) is 6.13. The molecule has 0 aliphatic carbocycles. The smallest absolute Gasteiger partial charge is 0.229 e. The molecule has 1 fully saturated rings. The molecule has 1 aliphatic rings. The molecule has 7 heteroatoms. The third-order valence-electron chi connectivity index (χ3n) is 3.70. The number of anilines is 1. The van der Waals surface area contributed by atoms with E-state index in [9.17, 15) is 4.79 Å². The first-order chi connectivity index (χ1) is 10.8. The summed E-state index contributed by atoms with van der Waals surface area (Å²) in [6, 6.07) is 7.61. The van der Waals surface area contributed by atoms with Gasteiger partial charge in [-0.1, -0.05) is 11.3 Å². The molecule has 1 saturated heterocycles. The first-order valence-corrected chi connectivity index (χ1v) is 8.07. The Morgan fingerprint density at radius 1 is 1.27 bits per heavy atom. The fourth-order valence-electron chi connectivity index (χ4n) is 2.42. The summed E-state index contributed by atoms with van der Waals surface area (Å²) in [5, 5.41) is 15.7. The van der Waals surface area contributed by atoms with Crippen LogP contribution in [0.5, 0.6) is 5.75 Å². The van der Waals surface area contributed by atoms with Crippen LogP contribution in [0.4, 0.5) is 5.13 Å². The lowest BCUT2D eigenvalue weighted by molar-refractivity contribution is -0.120. The fourth-order valence-corrected chi connectivity index (χ4v) is 3.17. The number of benzene rings is 1. The largest absolute Gasteiger partial charge is 0.497 e. The van der Waals surface area contributed by atoms with E-state index >= 15 is 0 Å². The van der Waals surface area contributed by atoms with Crippen LogP contribution in [-0.2, 0) is 4.79 Å². The van der Waals surface area contributed by atoms with Gasteiger partial charge in [0.2, 0.25) is 11.0 Å². The normalized spacial score (nSPS) is 15.5. The molecule has 22 heavy (non-hydrogen) atoms. The van der Waals surface area contributed by atoms with Crippen molar-refractivity contribution < 1.29 is 9.53 Å². The maximum Gasteiger partial charge on any atom is 0.229 e. The Balaban J connectivity index is 1.66. The van der Waals surface area contributed by atoms with Gasteiger partial charge >= 0.3 is 0 Å². The maximum absolute atomic E-state index is 12.2. The Labute approximate surface area is 132 Å². The van der Waals surface area contributed by atoms with E-state index in [0.29, 0.717) is 5.13 Å². The van der Waals surface area contributed by atoms with Crippen LogP contribution in [0.3, 0.4) is 0 Å². The van der Waals surface area contributed by atoms with Crippen LogP contribution in [0.1, 0.15) is 12.8 Å². The van der Waals surface area contributed by atoms with E-state index in [2.05, 4.69) is 20.8 Å². The minimum atomic E-state index is 0.0407. The summed E-state index contributed by atoms with van der Waals surface area (Å²) in [6.07, 6.45) is 1.74. The van der Waals surface area contributed by atoms with Crippen LogP contribution < -0.4 is 15.4 Å². The molecule has 0 unspecified atom stereocenters. The highest BCUT2D eigenvalue weighted by molar-refractivity contribution is 7.18. The van der Waals surface area contributed by atoms with Crippen LogP contribution in [-0.4, -0.2) is 36.3 Å². The van der Waals surface area contributed by atoms with Crippen molar-refractivity contribution in [1.29, 1.82) is 0 Å². The number of hydrogen-bond donors (Lipinski definition) is 2. The molecule has 0 saturated carbocycles. The Morgan fingerprint density at radius 2 is 2.00 bits per heavy atom. The molecule has 0 atom stereocenters. The number of hydrogen-bond acceptors (Lipinski definition) is 6. The Bertz CT molecular complexity index is 635. The van der Waals surface area contributed by atoms with Gasteiger partial charge in [0.15, 0.2) is 0 Å². The van der Waals surface area contributed by atoms with Gasteiger partial charge in [0, 0.05) is 11.5 Å². The van der Waals surface area contributed by atoms with Gasteiger partial charge in [0.1, 0.15) is 10.8 Å². The number of nitrogens with zero attached hydrogens (tertiary/aromatic N) is 2. The Kier molecular flexibility index (Phi) is 4.65. The fraction of sp³-hybridized carbons (Fsp3) is 0.400. The molecule has 3 rings (SSSR count). The molecule has 1 aromatic carbocycles. The van der Waals surface area contributed by atoms with Crippen molar-refractivity contribution in [2.45, 2.75) is 12.8 Å². The van der Waals surface area contributed by atoms with Crippen molar-refractivity contribution in [2.24, 2.45) is 5.92 Å². The summed E-state index contributed by atoms with van der Waals surface area (Å²) < 4.78 is 5.14. The van der Waals surface area contributed by atoms with E-state index in [4.69, 9.17) is 4.74 Å². The van der Waals surface area contributed by atoms with E-state index in [1.165, 1.54) is 11.3 Å². The second kappa shape index (κ2) is 6.85. The van der Waals surface area contributed by atoms with Gasteiger partial charge in [0.05, 0.1) is 7.11 Å². The van der Waals surface area contributed by atoms with Crippen molar-refractivity contribution in [3.63, 3.8) is 0 Å². The molecular weight excluding hydrogens is 300 g/mol. The molecule has 2 heterocycles. The van der Waals surface area contributed by atoms with Crippen molar-refractivity contribution in [3.05, 3.63) is 24.3 Å². The molecule has 0 radical (unpaired) electrons. The molecular formula is C15H18N4O2S. The standard InChI is InChI=1S/C15H18N4O2S/c1-21-12-4-2-11(3-5-12)14-18-19-15(22-14)17-13(20)10-6-8-16-9-7-10/h2-5,10,16H,6-9H2,1H3,(H,17,19,20). The highest BCUT2D eigenvalue weighted by atomic mass is 32.1. The average Bonchev–Trinajstić information content (AvgIpc) is 3.04. The molecule has 6 nitrogen and oxygen atoms in total. The highest BCUT2D eigenvalue weighted by Gasteiger charge is 2.22. The average molecular weight is 318 g/mol. The second-order valence-electron chi connectivity index (χ2n) is 5.15. The van der Waals surface area contributed by atoms with Crippen LogP contribution in [0, 0.1) is 5.92 Å². The first-order valence-electron chi connectivity index (χ1n) is 7.26. The molecule has 1 aromatic heterocycles. The predicted octanol–water partition coefficient (Wildman–Crippen LogP) is 2.15. The Morgan fingerprint density at radius 3 is 2.68 bits per heavy atom. The Hall–Kier alpha value is -1.99. The topological polar surface area (TPSA) is 76.1 Å². The number of aromatic nitrogens is 2. The van der Waals surface area contributed by atoms with Crippen molar-refractivity contribution in [2.75, 3.05) is 25.5 Å². The zero-order chi connectivity index (χ0) is 15.4. The van der Waals surface area contributed by atoms with E-state index in [-0.39, 0.29) is 11.8 Å². The number of carbonyl (C=O) groups excluding carboxylic acids is 1. The lowest BCUT2D eigenvalue weighted by Crippen LogP contribution is -2.34. The molecule has 116 valence electrons. The van der Waals surface area contributed by atoms with Crippen molar-refractivity contribution in [3.8, 4) is 16.3 Å². The molecule has 0 spiro atoms. The summed E-state index contributed by atoms with van der Waals surface area (Å²) in [5.41, 5.74) is 0.959. The van der Waals surface area contributed by atoms with Crippen LogP contribution in [0.15, 0.2) is 24.3 Å². The van der Waals surface area contributed by atoms with Gasteiger partial charge in [-0.3, -0.25) is 4.79 Å². The quantitative estimate of drug-likeness (QED) is 0.903. The number of methoxy groups -OCH3 is 1. The summed E-state index contributed by atoms with van der Waals surface area (Å²) in [7, 11) is 1.63. The van der Waals surface area contributed by atoms with Gasteiger partial charge in [-0.15, -0.1) is 10.2 Å². The minimum absolute atomic E-state index is 0.0407. The zero-order valence-electron chi connectivity index (χ0n) is 12.3. The van der Waals surface area contributed by atoms with Gasteiger partial charge in [-0.05, 0) is 50.2 Å². The zero-order valence-corrected chi connectivity index (χ0v) is 13.2. The molecule has 1 aliphatic heterocycles. The summed E-state index contributed by atoms with van der Waals surface area (Å²) in [6.45, 7) is 1.79. The van der Waals surface area contributed by atoms with Crippen LogP contribution in [0.25, 0.3) is 10.6 Å². The lowest BCUT2D eigenvalue weighted by Gasteiger charge is -2.20. The number of rotatable bonds is 4. The summed E-state index contributed by atoms with van der Waals surface area (Å²) >= 11 is 1.38. The molecule has 1 amide bonds. The summed E-state index contributed by atoms with van der Waals surface area (Å²) in [5.74, 6) is 0.904. The number of carbonyl (C=O) groups is 1. The number of piperidine rings is 1. The number of nitrogens with one attached hydrogen (secondary N) is 2. The summed E-state index contributed by atoms with van der Waals surface area (Å²) in [4.78, 5) is 12.2. The van der Waals surface area contributed by atoms with Gasteiger partial charge in [-0.25, -0.2) is 0 Å². The SMILES string of the molecule is COc1ccc(-c2nnc(NC(=O)C3CCNCC3)s2)cc1. The van der Waals surface area contributed by atoms with Gasteiger partial charge < -0.3 is 15.4 Å². The lowest BCUT2D eigenvalue weighted by atomic mass is 9.97. The van der Waals surface area contributed by atoms with E-state index < -0.39 is 0 Å². The van der Waals surface area contributed by atoms with Gasteiger partial charge in [-0.2, -0.15) is 0 Å². The number of amides is 1. The van der Waals surface area contributed by atoms with E-state index in [1.807, 2.05) is 24.3 Å². The van der Waals surface area contributed by atoms with Gasteiger partial charge in [0.25, 0.3) is 0 Å². The highest BCUT2D eigenvalue weighted by Crippen LogP contribution is 2.28. The third kappa shape index (κ3) is 3.42. The van der Waals surface area contributed by atoms with Crippen LogP contribution >= 0.6 is 11.3 Å². The predicted molar refractivity (Wildman–Crippen MR) is 86.1 cm³/mol. The number of ether oxygens (including phenoxy) is 1. The van der Waals surface area contributed by atoms with Crippen molar-refractivity contribution in [1.82, 2.24) is 15.5 Å². The monoisotopic (exact) mass is 318 g/mol.